The number of hydrogen-bond donors (Lipinski definition) is 1. The summed E-state index contributed by atoms with van der Waals surface area (Å²) in [5.41, 5.74) is 0.528. The summed E-state index contributed by atoms with van der Waals surface area (Å²) in [6.45, 7) is 6.87. The highest BCUT2D eigenvalue weighted by Crippen LogP contribution is 2.39. The quantitative estimate of drug-likeness (QED) is 0.817. The van der Waals surface area contributed by atoms with Gasteiger partial charge in [-0.15, -0.1) is 0 Å². The van der Waals surface area contributed by atoms with Gasteiger partial charge in [0.05, 0.1) is 12.6 Å². The maximum Gasteiger partial charge on any atom is 0.235 e. The Morgan fingerprint density at radius 3 is 2.50 bits per heavy atom. The fourth-order valence-corrected chi connectivity index (χ4v) is 3.45. The second-order valence-electron chi connectivity index (χ2n) is 7.53. The van der Waals surface area contributed by atoms with Gasteiger partial charge in [0, 0.05) is 32.7 Å². The number of carbonyl (C=O) groups is 1. The lowest BCUT2D eigenvalue weighted by atomic mass is 9.98. The molecule has 0 aromatic heterocycles. The van der Waals surface area contributed by atoms with Crippen LogP contribution in [0.4, 0.5) is 0 Å². The van der Waals surface area contributed by atoms with Gasteiger partial charge in [-0.3, -0.25) is 14.6 Å². The molecule has 1 aliphatic carbocycles. The van der Waals surface area contributed by atoms with Gasteiger partial charge in [-0.25, -0.2) is 0 Å². The molecule has 0 unspecified atom stereocenters. The molecule has 1 aromatic carbocycles. The second kappa shape index (κ2) is 8.48. The zero-order valence-electron chi connectivity index (χ0n) is 15.5. The standard InChI is InChI=1S/C21H28N4O/c1-21(17-22,19-9-10-19)23-20(26)16-25-14-12-24(13-15-25)11-5-8-18-6-3-2-4-7-18/h2-8,19H,9-16H2,1H3,(H,23,26)/b8-5+/t21-/m1/s1. The predicted octanol–water partition coefficient (Wildman–Crippen LogP) is 2.13. The summed E-state index contributed by atoms with van der Waals surface area (Å²) in [5.74, 6) is 0.295. The van der Waals surface area contributed by atoms with Crippen molar-refractivity contribution in [2.45, 2.75) is 25.3 Å². The topological polar surface area (TPSA) is 59.4 Å². The highest BCUT2D eigenvalue weighted by atomic mass is 16.2. The molecular formula is C21H28N4O. The molecule has 1 saturated heterocycles. The number of carbonyl (C=O) groups excluding carboxylic acids is 1. The minimum absolute atomic E-state index is 0.0293. The first-order valence-corrected chi connectivity index (χ1v) is 9.47. The van der Waals surface area contributed by atoms with Gasteiger partial charge in [0.15, 0.2) is 0 Å². The molecule has 3 rings (SSSR count). The number of rotatable bonds is 7. The molecular weight excluding hydrogens is 324 g/mol. The SMILES string of the molecule is C[C@](C#N)(NC(=O)CN1CCN(C/C=C/c2ccccc2)CC1)C1CC1. The number of nitrogens with zero attached hydrogens (tertiary/aromatic N) is 3. The first-order valence-electron chi connectivity index (χ1n) is 9.47. The van der Waals surface area contributed by atoms with Crippen LogP contribution in [0.3, 0.4) is 0 Å². The van der Waals surface area contributed by atoms with Gasteiger partial charge in [0.2, 0.25) is 5.91 Å². The first kappa shape index (κ1) is 18.6. The summed E-state index contributed by atoms with van der Waals surface area (Å²) < 4.78 is 0. The molecule has 1 heterocycles. The number of nitrogens with one attached hydrogen (secondary N) is 1. The van der Waals surface area contributed by atoms with E-state index >= 15 is 0 Å². The van der Waals surface area contributed by atoms with Crippen LogP contribution in [0.2, 0.25) is 0 Å². The molecule has 1 N–H and O–H groups in total. The lowest BCUT2D eigenvalue weighted by Gasteiger charge is -2.34. The van der Waals surface area contributed by atoms with Gasteiger partial charge in [-0.2, -0.15) is 5.26 Å². The monoisotopic (exact) mass is 352 g/mol. The summed E-state index contributed by atoms with van der Waals surface area (Å²) in [6.07, 6.45) is 6.44. The lowest BCUT2D eigenvalue weighted by Crippen LogP contribution is -2.53. The Hall–Kier alpha value is -2.16. The summed E-state index contributed by atoms with van der Waals surface area (Å²) in [7, 11) is 0. The zero-order valence-corrected chi connectivity index (χ0v) is 15.5. The van der Waals surface area contributed by atoms with Crippen molar-refractivity contribution in [2.24, 2.45) is 5.92 Å². The van der Waals surface area contributed by atoms with Crippen molar-refractivity contribution >= 4 is 12.0 Å². The Morgan fingerprint density at radius 2 is 1.88 bits per heavy atom. The minimum atomic E-state index is -0.693. The third-order valence-electron chi connectivity index (χ3n) is 5.33. The van der Waals surface area contributed by atoms with Crippen molar-refractivity contribution < 1.29 is 4.79 Å². The Bertz CT molecular complexity index is 669. The van der Waals surface area contributed by atoms with Gasteiger partial charge in [0.25, 0.3) is 0 Å². The minimum Gasteiger partial charge on any atom is -0.337 e. The van der Waals surface area contributed by atoms with Crippen molar-refractivity contribution in [2.75, 3.05) is 39.3 Å². The van der Waals surface area contributed by atoms with E-state index in [-0.39, 0.29) is 5.91 Å². The van der Waals surface area contributed by atoms with Gasteiger partial charge in [-0.05, 0) is 31.2 Å². The van der Waals surface area contributed by atoms with Crippen LogP contribution >= 0.6 is 0 Å². The Labute approximate surface area is 156 Å². The Balaban J connectivity index is 1.38. The number of amides is 1. The van der Waals surface area contributed by atoms with E-state index in [0.29, 0.717) is 12.5 Å². The molecule has 1 atom stereocenters. The smallest absolute Gasteiger partial charge is 0.235 e. The highest BCUT2D eigenvalue weighted by Gasteiger charge is 2.43. The van der Waals surface area contributed by atoms with Crippen LogP contribution in [-0.4, -0.2) is 60.5 Å². The predicted molar refractivity (Wildman–Crippen MR) is 103 cm³/mol. The molecule has 0 spiro atoms. The normalized spacial score (nSPS) is 21.2. The van der Waals surface area contributed by atoms with Gasteiger partial charge >= 0.3 is 0 Å². The van der Waals surface area contributed by atoms with Crippen LogP contribution < -0.4 is 5.32 Å². The molecule has 0 bridgehead atoms. The number of nitriles is 1. The molecule has 0 radical (unpaired) electrons. The van der Waals surface area contributed by atoms with Crippen LogP contribution in [0.15, 0.2) is 36.4 Å². The Morgan fingerprint density at radius 1 is 1.23 bits per heavy atom. The maximum absolute atomic E-state index is 12.3. The van der Waals surface area contributed by atoms with Crippen molar-refractivity contribution in [3.8, 4) is 6.07 Å². The summed E-state index contributed by atoms with van der Waals surface area (Å²) in [4.78, 5) is 16.9. The number of piperazine rings is 1. The lowest BCUT2D eigenvalue weighted by molar-refractivity contribution is -0.124. The van der Waals surface area contributed by atoms with E-state index in [1.54, 1.807) is 0 Å². The molecule has 1 aromatic rings. The van der Waals surface area contributed by atoms with Gasteiger partial charge < -0.3 is 5.32 Å². The van der Waals surface area contributed by atoms with Gasteiger partial charge in [0.1, 0.15) is 5.54 Å². The van der Waals surface area contributed by atoms with Crippen molar-refractivity contribution in [3.05, 3.63) is 42.0 Å². The van der Waals surface area contributed by atoms with Crippen LogP contribution in [0.5, 0.6) is 0 Å². The average molecular weight is 352 g/mol. The molecule has 2 fully saturated rings. The van der Waals surface area contributed by atoms with Crippen LogP contribution in [-0.2, 0) is 4.79 Å². The van der Waals surface area contributed by atoms with E-state index < -0.39 is 5.54 Å². The fraction of sp³-hybridized carbons (Fsp3) is 0.524. The van der Waals surface area contributed by atoms with E-state index in [9.17, 15) is 10.1 Å². The van der Waals surface area contributed by atoms with Crippen molar-refractivity contribution in [1.82, 2.24) is 15.1 Å². The molecule has 1 amide bonds. The summed E-state index contributed by atoms with van der Waals surface area (Å²) in [5, 5.41) is 12.3. The average Bonchev–Trinajstić information content (AvgIpc) is 3.50. The molecule has 1 aliphatic heterocycles. The van der Waals surface area contributed by atoms with E-state index in [1.165, 1.54) is 5.56 Å². The van der Waals surface area contributed by atoms with Crippen LogP contribution in [0, 0.1) is 17.2 Å². The fourth-order valence-electron chi connectivity index (χ4n) is 3.45. The van der Waals surface area contributed by atoms with E-state index in [2.05, 4.69) is 45.5 Å². The first-order chi connectivity index (χ1) is 12.6. The van der Waals surface area contributed by atoms with E-state index in [0.717, 1.165) is 45.6 Å². The largest absolute Gasteiger partial charge is 0.337 e. The highest BCUT2D eigenvalue weighted by molar-refractivity contribution is 5.79. The second-order valence-corrected chi connectivity index (χ2v) is 7.53. The van der Waals surface area contributed by atoms with Crippen molar-refractivity contribution in [3.63, 3.8) is 0 Å². The van der Waals surface area contributed by atoms with E-state index in [4.69, 9.17) is 0 Å². The molecule has 2 aliphatic rings. The molecule has 26 heavy (non-hydrogen) atoms. The molecule has 138 valence electrons. The van der Waals surface area contributed by atoms with Gasteiger partial charge in [-0.1, -0.05) is 42.5 Å². The third-order valence-corrected chi connectivity index (χ3v) is 5.33. The Kier molecular flexibility index (Phi) is 6.08. The van der Waals surface area contributed by atoms with Crippen LogP contribution in [0.25, 0.3) is 6.08 Å². The number of benzene rings is 1. The molecule has 5 nitrogen and oxygen atoms in total. The van der Waals surface area contributed by atoms with Crippen molar-refractivity contribution in [1.29, 1.82) is 5.26 Å². The number of hydrogen-bond acceptors (Lipinski definition) is 4. The summed E-state index contributed by atoms with van der Waals surface area (Å²) >= 11 is 0. The molecule has 1 saturated carbocycles. The van der Waals surface area contributed by atoms with Crippen LogP contribution in [0.1, 0.15) is 25.3 Å². The molecule has 5 heteroatoms. The summed E-state index contributed by atoms with van der Waals surface area (Å²) in [6, 6.07) is 12.6. The van der Waals surface area contributed by atoms with E-state index in [1.807, 2.05) is 25.1 Å². The maximum atomic E-state index is 12.3. The third kappa shape index (κ3) is 5.17. The zero-order chi connectivity index (χ0) is 18.4.